The molecule has 1 saturated carbocycles. The van der Waals surface area contributed by atoms with Gasteiger partial charge in [-0.15, -0.1) is 0 Å². The highest BCUT2D eigenvalue weighted by Gasteiger charge is 2.63. The van der Waals surface area contributed by atoms with Gasteiger partial charge in [-0.25, -0.2) is 4.79 Å². The highest BCUT2D eigenvalue weighted by atomic mass is 16.6. The normalized spacial score (nSPS) is 31.8. The molecule has 3 fully saturated rings. The van der Waals surface area contributed by atoms with Gasteiger partial charge in [0, 0.05) is 19.6 Å². The summed E-state index contributed by atoms with van der Waals surface area (Å²) in [6, 6.07) is 0. The minimum absolute atomic E-state index is 0.0658. The van der Waals surface area contributed by atoms with Crippen molar-refractivity contribution in [2.24, 2.45) is 16.7 Å². The molecule has 1 amide bonds. The van der Waals surface area contributed by atoms with Gasteiger partial charge in [0.1, 0.15) is 5.60 Å². The molecular weight excluding hydrogens is 308 g/mol. The third kappa shape index (κ3) is 2.79. The molecule has 2 heterocycles. The van der Waals surface area contributed by atoms with Crippen LogP contribution in [0, 0.1) is 16.7 Å². The zero-order chi connectivity index (χ0) is 17.6. The Kier molecular flexibility index (Phi) is 4.31. The molecule has 136 valence electrons. The molecule has 3 rings (SSSR count). The predicted molar refractivity (Wildman–Crippen MR) is 89.5 cm³/mol. The third-order valence-corrected chi connectivity index (χ3v) is 6.27. The molecule has 0 aromatic carbocycles. The zero-order valence-corrected chi connectivity index (χ0v) is 15.3. The number of hydrogen-bond donors (Lipinski definition) is 1. The topological polar surface area (TPSA) is 67.9 Å². The van der Waals surface area contributed by atoms with Crippen LogP contribution in [0.15, 0.2) is 0 Å². The Morgan fingerprint density at radius 1 is 1.12 bits per heavy atom. The van der Waals surface area contributed by atoms with Crippen LogP contribution in [0.3, 0.4) is 0 Å². The number of fused-ring (bicyclic) bond motifs is 2. The van der Waals surface area contributed by atoms with E-state index in [9.17, 15) is 9.59 Å². The fourth-order valence-corrected chi connectivity index (χ4v) is 5.05. The van der Waals surface area contributed by atoms with Crippen molar-refractivity contribution in [2.45, 2.75) is 52.1 Å². The van der Waals surface area contributed by atoms with Crippen molar-refractivity contribution >= 4 is 12.1 Å². The average molecular weight is 338 g/mol. The van der Waals surface area contributed by atoms with Crippen LogP contribution in [0.4, 0.5) is 4.79 Å². The second-order valence-corrected chi connectivity index (χ2v) is 8.66. The SMILES string of the molecule is COC(=O)[C@@]12CCC3(CCN(C(=O)OC(C)(C)C)CC3)[C@@H]1CNC2. The maximum Gasteiger partial charge on any atom is 0.410 e. The molecule has 6 nitrogen and oxygen atoms in total. The van der Waals surface area contributed by atoms with Gasteiger partial charge in [0.2, 0.25) is 0 Å². The van der Waals surface area contributed by atoms with E-state index in [4.69, 9.17) is 9.47 Å². The van der Waals surface area contributed by atoms with E-state index in [0.29, 0.717) is 19.0 Å². The van der Waals surface area contributed by atoms with Crippen LogP contribution in [-0.4, -0.2) is 55.9 Å². The largest absolute Gasteiger partial charge is 0.469 e. The Morgan fingerprint density at radius 2 is 1.79 bits per heavy atom. The monoisotopic (exact) mass is 338 g/mol. The molecule has 24 heavy (non-hydrogen) atoms. The molecule has 0 aromatic heterocycles. The number of nitrogens with one attached hydrogen (secondary N) is 1. The van der Waals surface area contributed by atoms with Crippen molar-refractivity contribution < 1.29 is 19.1 Å². The fourth-order valence-electron chi connectivity index (χ4n) is 5.05. The second-order valence-electron chi connectivity index (χ2n) is 8.66. The lowest BCUT2D eigenvalue weighted by Crippen LogP contribution is -2.48. The first-order valence-electron chi connectivity index (χ1n) is 9.00. The van der Waals surface area contributed by atoms with Gasteiger partial charge in [-0.05, 0) is 64.3 Å². The molecule has 3 aliphatic rings. The average Bonchev–Trinajstić information content (AvgIpc) is 3.07. The summed E-state index contributed by atoms with van der Waals surface area (Å²) in [7, 11) is 1.49. The third-order valence-electron chi connectivity index (χ3n) is 6.27. The number of hydrogen-bond acceptors (Lipinski definition) is 5. The summed E-state index contributed by atoms with van der Waals surface area (Å²) in [5.41, 5.74) is -0.673. The van der Waals surface area contributed by atoms with Crippen LogP contribution in [0.1, 0.15) is 46.5 Å². The highest BCUT2D eigenvalue weighted by molar-refractivity contribution is 5.79. The first kappa shape index (κ1) is 17.5. The summed E-state index contributed by atoms with van der Waals surface area (Å²) < 4.78 is 10.6. The standard InChI is InChI=1S/C18H30N2O4/c1-16(2,3)24-15(22)20-9-7-17(8-10-20)5-6-18(14(21)23-4)12-19-11-13(17)18/h13,19H,5-12H2,1-4H3/t13-,18+/m0/s1. The molecule has 6 heteroatoms. The van der Waals surface area contributed by atoms with E-state index in [-0.39, 0.29) is 22.9 Å². The van der Waals surface area contributed by atoms with Gasteiger partial charge in [0.15, 0.2) is 0 Å². The van der Waals surface area contributed by atoms with E-state index in [2.05, 4.69) is 5.32 Å². The quantitative estimate of drug-likeness (QED) is 0.742. The minimum Gasteiger partial charge on any atom is -0.469 e. The van der Waals surface area contributed by atoms with Gasteiger partial charge < -0.3 is 19.7 Å². The number of piperidine rings is 1. The summed E-state index contributed by atoms with van der Waals surface area (Å²) >= 11 is 0. The molecule has 1 N–H and O–H groups in total. The van der Waals surface area contributed by atoms with Crippen molar-refractivity contribution in [2.75, 3.05) is 33.3 Å². The van der Waals surface area contributed by atoms with E-state index < -0.39 is 5.60 Å². The van der Waals surface area contributed by atoms with Crippen molar-refractivity contribution in [1.29, 1.82) is 0 Å². The molecule has 0 radical (unpaired) electrons. The molecular formula is C18H30N2O4. The van der Waals surface area contributed by atoms with Crippen LogP contribution in [0.2, 0.25) is 0 Å². The summed E-state index contributed by atoms with van der Waals surface area (Å²) in [6.45, 7) is 8.70. The van der Waals surface area contributed by atoms with Crippen LogP contribution >= 0.6 is 0 Å². The second kappa shape index (κ2) is 5.90. The van der Waals surface area contributed by atoms with E-state index in [1.807, 2.05) is 25.7 Å². The van der Waals surface area contributed by atoms with Crippen molar-refractivity contribution in [3.8, 4) is 0 Å². The van der Waals surface area contributed by atoms with Gasteiger partial charge in [-0.2, -0.15) is 0 Å². The lowest BCUT2D eigenvalue weighted by atomic mass is 9.66. The first-order valence-corrected chi connectivity index (χ1v) is 9.00. The number of carbonyl (C=O) groups excluding carboxylic acids is 2. The van der Waals surface area contributed by atoms with Gasteiger partial charge in [0.05, 0.1) is 12.5 Å². The molecule has 1 aliphatic carbocycles. The summed E-state index contributed by atoms with van der Waals surface area (Å²) in [6.07, 6.45) is 3.61. The van der Waals surface area contributed by atoms with E-state index in [1.165, 1.54) is 7.11 Å². The first-order chi connectivity index (χ1) is 11.2. The summed E-state index contributed by atoms with van der Waals surface area (Å²) in [5, 5.41) is 3.41. The molecule has 0 bridgehead atoms. The van der Waals surface area contributed by atoms with Gasteiger partial charge in [-0.3, -0.25) is 4.79 Å². The van der Waals surface area contributed by atoms with Crippen LogP contribution < -0.4 is 5.32 Å². The van der Waals surface area contributed by atoms with Crippen molar-refractivity contribution in [1.82, 2.24) is 10.2 Å². The number of ether oxygens (including phenoxy) is 2. The number of rotatable bonds is 1. The molecule has 1 spiro atoms. The van der Waals surface area contributed by atoms with Gasteiger partial charge in [-0.1, -0.05) is 0 Å². The smallest absolute Gasteiger partial charge is 0.410 e. The molecule has 2 atom stereocenters. The summed E-state index contributed by atoms with van der Waals surface area (Å²) in [5.74, 6) is 0.252. The Labute approximate surface area is 144 Å². The Morgan fingerprint density at radius 3 is 2.38 bits per heavy atom. The number of likely N-dealkylation sites (tertiary alicyclic amines) is 1. The zero-order valence-electron chi connectivity index (χ0n) is 15.3. The minimum atomic E-state index is -0.463. The van der Waals surface area contributed by atoms with Crippen LogP contribution in [0.5, 0.6) is 0 Å². The van der Waals surface area contributed by atoms with E-state index >= 15 is 0 Å². The Bertz CT molecular complexity index is 520. The molecule has 0 unspecified atom stereocenters. The van der Waals surface area contributed by atoms with Gasteiger partial charge >= 0.3 is 12.1 Å². The van der Waals surface area contributed by atoms with E-state index in [0.717, 1.165) is 38.8 Å². The van der Waals surface area contributed by atoms with Crippen molar-refractivity contribution in [3.05, 3.63) is 0 Å². The van der Waals surface area contributed by atoms with Crippen LogP contribution in [-0.2, 0) is 14.3 Å². The summed E-state index contributed by atoms with van der Waals surface area (Å²) in [4.78, 5) is 26.5. The van der Waals surface area contributed by atoms with Crippen molar-refractivity contribution in [3.63, 3.8) is 0 Å². The number of amides is 1. The number of esters is 1. The highest BCUT2D eigenvalue weighted by Crippen LogP contribution is 2.60. The maximum absolute atomic E-state index is 12.4. The lowest BCUT2D eigenvalue weighted by molar-refractivity contribution is -0.154. The molecule has 0 aromatic rings. The predicted octanol–water partition coefficient (Wildman–Crippen LogP) is 2.18. The lowest BCUT2D eigenvalue weighted by Gasteiger charge is -2.44. The molecule has 2 saturated heterocycles. The Hall–Kier alpha value is -1.30. The fraction of sp³-hybridized carbons (Fsp3) is 0.889. The number of nitrogens with zero attached hydrogens (tertiary/aromatic N) is 1. The van der Waals surface area contributed by atoms with Crippen LogP contribution in [0.25, 0.3) is 0 Å². The van der Waals surface area contributed by atoms with E-state index in [1.54, 1.807) is 0 Å². The number of carbonyl (C=O) groups is 2. The maximum atomic E-state index is 12.4. The Balaban J connectivity index is 1.68. The number of methoxy groups -OCH3 is 1. The van der Waals surface area contributed by atoms with Gasteiger partial charge in [0.25, 0.3) is 0 Å². The molecule has 2 aliphatic heterocycles.